The van der Waals surface area contributed by atoms with E-state index in [0.29, 0.717) is 23.7 Å². The van der Waals surface area contributed by atoms with Crippen molar-refractivity contribution >= 4 is 39.1 Å². The van der Waals surface area contributed by atoms with Gasteiger partial charge in [-0.3, -0.25) is 14.5 Å². The van der Waals surface area contributed by atoms with Gasteiger partial charge in [-0.05, 0) is 56.2 Å². The van der Waals surface area contributed by atoms with E-state index < -0.39 is 15.9 Å². The fourth-order valence-electron chi connectivity index (χ4n) is 3.10. The Labute approximate surface area is 186 Å². The van der Waals surface area contributed by atoms with Gasteiger partial charge in [-0.1, -0.05) is 23.7 Å². The van der Waals surface area contributed by atoms with E-state index in [2.05, 4.69) is 10.0 Å². The zero-order chi connectivity index (χ0) is 22.6. The number of amides is 2. The maximum atomic E-state index is 12.5. The van der Waals surface area contributed by atoms with E-state index in [1.54, 1.807) is 26.0 Å². The lowest BCUT2D eigenvalue weighted by atomic mass is 10.1. The van der Waals surface area contributed by atoms with Gasteiger partial charge in [0.25, 0.3) is 5.91 Å². The molecule has 0 aliphatic carbocycles. The summed E-state index contributed by atoms with van der Waals surface area (Å²) in [5.41, 5.74) is 1.26. The summed E-state index contributed by atoms with van der Waals surface area (Å²) in [7, 11) is -3.76. The maximum absolute atomic E-state index is 12.5. The van der Waals surface area contributed by atoms with E-state index in [1.165, 1.54) is 23.1 Å². The molecule has 166 valence electrons. The van der Waals surface area contributed by atoms with Gasteiger partial charge in [-0.2, -0.15) is 0 Å². The molecule has 0 saturated carbocycles. The number of sulfonamides is 1. The first-order chi connectivity index (χ1) is 14.7. The molecule has 8 nitrogen and oxygen atoms in total. The minimum atomic E-state index is -3.76. The van der Waals surface area contributed by atoms with Gasteiger partial charge < -0.3 is 10.1 Å². The molecule has 1 aliphatic heterocycles. The predicted octanol–water partition coefficient (Wildman–Crippen LogP) is 2.11. The lowest BCUT2D eigenvalue weighted by molar-refractivity contribution is -0.125. The monoisotopic (exact) mass is 465 g/mol. The van der Waals surface area contributed by atoms with Gasteiger partial charge in [0.15, 0.2) is 6.61 Å². The molecule has 3 rings (SSSR count). The Morgan fingerprint density at radius 1 is 1.19 bits per heavy atom. The smallest absolute Gasteiger partial charge is 0.265 e. The summed E-state index contributed by atoms with van der Waals surface area (Å²) in [6.45, 7) is 3.35. The number of rotatable bonds is 8. The van der Waals surface area contributed by atoms with Gasteiger partial charge in [0.1, 0.15) is 12.3 Å². The zero-order valence-electron chi connectivity index (χ0n) is 17.2. The van der Waals surface area contributed by atoms with Crippen molar-refractivity contribution in [1.29, 1.82) is 0 Å². The lowest BCUT2D eigenvalue weighted by Crippen LogP contribution is -2.45. The maximum Gasteiger partial charge on any atom is 0.265 e. The number of carbonyl (C=O) groups is 2. The molecule has 31 heavy (non-hydrogen) atoms. The molecular formula is C21H24ClN3O5S. The summed E-state index contributed by atoms with van der Waals surface area (Å²) in [5.74, 6) is -0.437. The van der Waals surface area contributed by atoms with Crippen LogP contribution < -0.4 is 19.7 Å². The molecule has 0 fully saturated rings. The number of halogens is 1. The Morgan fingerprint density at radius 3 is 2.58 bits per heavy atom. The molecular weight excluding hydrogens is 442 g/mol. The molecule has 0 aromatic heterocycles. The molecule has 1 aliphatic rings. The molecule has 1 heterocycles. The summed E-state index contributed by atoms with van der Waals surface area (Å²) in [5, 5.41) is 3.42. The fraction of sp³-hybridized carbons (Fsp3) is 0.333. The predicted molar refractivity (Wildman–Crippen MR) is 118 cm³/mol. The van der Waals surface area contributed by atoms with Crippen molar-refractivity contribution in [3.8, 4) is 5.75 Å². The van der Waals surface area contributed by atoms with Crippen LogP contribution in [0.15, 0.2) is 47.4 Å². The highest BCUT2D eigenvalue weighted by Gasteiger charge is 2.29. The number of nitrogens with one attached hydrogen (secondary N) is 2. The molecule has 0 saturated heterocycles. The van der Waals surface area contributed by atoms with E-state index in [0.717, 1.165) is 5.56 Å². The van der Waals surface area contributed by atoms with Crippen LogP contribution in [0.4, 0.5) is 5.69 Å². The lowest BCUT2D eigenvalue weighted by Gasteiger charge is -2.29. The van der Waals surface area contributed by atoms with E-state index in [4.69, 9.17) is 16.3 Å². The second kappa shape index (κ2) is 9.67. The second-order valence-corrected chi connectivity index (χ2v) is 9.55. The van der Waals surface area contributed by atoms with Crippen LogP contribution in [0, 0.1) is 0 Å². The zero-order valence-corrected chi connectivity index (χ0v) is 18.8. The molecule has 0 atom stereocenters. The van der Waals surface area contributed by atoms with Gasteiger partial charge in [0.05, 0.1) is 10.6 Å². The largest absolute Gasteiger partial charge is 0.482 e. The van der Waals surface area contributed by atoms with Gasteiger partial charge in [0, 0.05) is 17.6 Å². The standard InChI is InChI=1S/C21H24ClN3O5S/c1-14(2)24-31(28,29)17-7-8-19-18(11-17)25(21(27)13-30-19)12-20(26)23-10-9-15-3-5-16(22)6-4-15/h3-8,11,14,24H,9-10,12-13H2,1-2H3,(H,23,26). The van der Waals surface area contributed by atoms with Crippen molar-refractivity contribution < 1.29 is 22.7 Å². The molecule has 2 aromatic rings. The van der Waals surface area contributed by atoms with Crippen LogP contribution in [0.2, 0.25) is 5.02 Å². The summed E-state index contributed by atoms with van der Waals surface area (Å²) in [6, 6.07) is 11.3. The van der Waals surface area contributed by atoms with Crippen molar-refractivity contribution in [1.82, 2.24) is 10.0 Å². The van der Waals surface area contributed by atoms with E-state index >= 15 is 0 Å². The first-order valence-corrected chi connectivity index (χ1v) is 11.6. The molecule has 10 heteroatoms. The Balaban J connectivity index is 1.70. The normalized spacial score (nSPS) is 13.7. The van der Waals surface area contributed by atoms with Crippen LogP contribution in [0.1, 0.15) is 19.4 Å². The highest BCUT2D eigenvalue weighted by molar-refractivity contribution is 7.89. The average molecular weight is 466 g/mol. The van der Waals surface area contributed by atoms with Crippen LogP contribution in [0.5, 0.6) is 5.75 Å². The molecule has 0 radical (unpaired) electrons. The number of hydrogen-bond donors (Lipinski definition) is 2. The molecule has 0 spiro atoms. The summed E-state index contributed by atoms with van der Waals surface area (Å²) in [6.07, 6.45) is 0.611. The first kappa shape index (κ1) is 23.1. The number of nitrogens with zero attached hydrogens (tertiary/aromatic N) is 1. The summed E-state index contributed by atoms with van der Waals surface area (Å²) in [4.78, 5) is 26.1. The summed E-state index contributed by atoms with van der Waals surface area (Å²) < 4.78 is 32.9. The number of benzene rings is 2. The number of anilines is 1. The Morgan fingerprint density at radius 2 is 1.90 bits per heavy atom. The van der Waals surface area contributed by atoms with Crippen LogP contribution in [-0.2, 0) is 26.0 Å². The quantitative estimate of drug-likeness (QED) is 0.621. The Kier molecular flexibility index (Phi) is 7.19. The van der Waals surface area contributed by atoms with E-state index in [-0.39, 0.29) is 35.7 Å². The fourth-order valence-corrected chi connectivity index (χ4v) is 4.49. The van der Waals surface area contributed by atoms with Crippen LogP contribution >= 0.6 is 11.6 Å². The third-order valence-corrected chi connectivity index (χ3v) is 6.43. The van der Waals surface area contributed by atoms with Crippen LogP contribution in [0.3, 0.4) is 0 Å². The molecule has 2 amide bonds. The Hall–Kier alpha value is -2.62. The van der Waals surface area contributed by atoms with Gasteiger partial charge in [-0.15, -0.1) is 0 Å². The SMILES string of the molecule is CC(C)NS(=O)(=O)c1ccc2c(c1)N(CC(=O)NCCc1ccc(Cl)cc1)C(=O)CO2. The van der Waals surface area contributed by atoms with Crippen molar-refractivity contribution in [3.63, 3.8) is 0 Å². The van der Waals surface area contributed by atoms with Crippen molar-refractivity contribution in [2.45, 2.75) is 31.2 Å². The topological polar surface area (TPSA) is 105 Å². The minimum absolute atomic E-state index is 0.00797. The first-order valence-electron chi connectivity index (χ1n) is 9.76. The van der Waals surface area contributed by atoms with Crippen LogP contribution in [-0.4, -0.2) is 46.0 Å². The molecule has 0 unspecified atom stereocenters. The van der Waals surface area contributed by atoms with E-state index in [9.17, 15) is 18.0 Å². The number of hydrogen-bond acceptors (Lipinski definition) is 5. The van der Waals surface area contributed by atoms with Crippen molar-refractivity contribution in [2.75, 3.05) is 24.6 Å². The Bertz CT molecular complexity index is 1070. The number of carbonyl (C=O) groups excluding carboxylic acids is 2. The van der Waals surface area contributed by atoms with Crippen LogP contribution in [0.25, 0.3) is 0 Å². The summed E-state index contributed by atoms with van der Waals surface area (Å²) >= 11 is 5.86. The van der Waals surface area contributed by atoms with Gasteiger partial charge in [-0.25, -0.2) is 13.1 Å². The second-order valence-electron chi connectivity index (χ2n) is 7.40. The number of ether oxygens (including phenoxy) is 1. The average Bonchev–Trinajstić information content (AvgIpc) is 2.70. The van der Waals surface area contributed by atoms with Crippen molar-refractivity contribution in [2.24, 2.45) is 0 Å². The highest BCUT2D eigenvalue weighted by Crippen LogP contribution is 2.34. The third-order valence-electron chi connectivity index (χ3n) is 4.53. The molecule has 0 bridgehead atoms. The van der Waals surface area contributed by atoms with Crippen molar-refractivity contribution in [3.05, 3.63) is 53.1 Å². The highest BCUT2D eigenvalue weighted by atomic mass is 35.5. The third kappa shape index (κ3) is 5.96. The van der Waals surface area contributed by atoms with Gasteiger partial charge >= 0.3 is 0 Å². The molecule has 2 N–H and O–H groups in total. The van der Waals surface area contributed by atoms with E-state index in [1.807, 2.05) is 12.1 Å². The minimum Gasteiger partial charge on any atom is -0.482 e. The number of fused-ring (bicyclic) bond motifs is 1. The molecule has 2 aromatic carbocycles. The van der Waals surface area contributed by atoms with Gasteiger partial charge in [0.2, 0.25) is 15.9 Å².